The van der Waals surface area contributed by atoms with E-state index in [4.69, 9.17) is 4.74 Å². The van der Waals surface area contributed by atoms with E-state index in [1.54, 1.807) is 6.92 Å². The van der Waals surface area contributed by atoms with E-state index in [1.807, 2.05) is 0 Å². The van der Waals surface area contributed by atoms with Gasteiger partial charge in [-0.1, -0.05) is 0 Å². The zero-order valence-corrected chi connectivity index (χ0v) is 11.0. The zero-order valence-electron chi connectivity index (χ0n) is 10.2. The van der Waals surface area contributed by atoms with E-state index in [-0.39, 0.29) is 22.8 Å². The number of hydrogen-bond acceptors (Lipinski definition) is 2. The maximum Gasteiger partial charge on any atom is 0.425 e. The Morgan fingerprint density at radius 1 is 1.05 bits per heavy atom. The first-order valence-corrected chi connectivity index (χ1v) is 6.44. The summed E-state index contributed by atoms with van der Waals surface area (Å²) in [7, 11) is 0. The lowest BCUT2D eigenvalue weighted by Gasteiger charge is -2.07. The highest BCUT2D eigenvalue weighted by Crippen LogP contribution is 2.40. The lowest BCUT2D eigenvalue weighted by Crippen LogP contribution is -2.00. The van der Waals surface area contributed by atoms with Crippen LogP contribution in [0.4, 0.5) is 22.0 Å². The first kappa shape index (κ1) is 14.8. The molecule has 0 N–H and O–H groups in total. The molecule has 1 nitrogen and oxygen atoms in total. The van der Waals surface area contributed by atoms with Crippen LogP contribution in [0.1, 0.15) is 11.8 Å². The van der Waals surface area contributed by atoms with Crippen LogP contribution in [0, 0.1) is 11.6 Å². The second-order valence-electron chi connectivity index (χ2n) is 3.83. The SMILES string of the molecule is CCOc1ccc(-c2ccc(C(F)(F)F)s2)c(F)c1F. The Morgan fingerprint density at radius 2 is 1.75 bits per heavy atom. The van der Waals surface area contributed by atoms with Gasteiger partial charge in [0, 0.05) is 10.4 Å². The Balaban J connectivity index is 2.43. The first-order chi connectivity index (χ1) is 9.34. The quantitative estimate of drug-likeness (QED) is 0.716. The van der Waals surface area contributed by atoms with E-state index < -0.39 is 22.7 Å². The van der Waals surface area contributed by atoms with E-state index in [2.05, 4.69) is 0 Å². The Kier molecular flexibility index (Phi) is 3.99. The number of rotatable bonds is 3. The van der Waals surface area contributed by atoms with Gasteiger partial charge in [-0.05, 0) is 31.2 Å². The van der Waals surface area contributed by atoms with Gasteiger partial charge in [-0.15, -0.1) is 11.3 Å². The van der Waals surface area contributed by atoms with Gasteiger partial charge in [-0.25, -0.2) is 4.39 Å². The lowest BCUT2D eigenvalue weighted by atomic mass is 10.1. The number of alkyl halides is 3. The Labute approximate surface area is 115 Å². The highest BCUT2D eigenvalue weighted by molar-refractivity contribution is 7.15. The van der Waals surface area contributed by atoms with Gasteiger partial charge in [-0.2, -0.15) is 17.6 Å². The molecule has 20 heavy (non-hydrogen) atoms. The molecule has 2 aromatic rings. The van der Waals surface area contributed by atoms with Gasteiger partial charge >= 0.3 is 6.18 Å². The minimum absolute atomic E-state index is 0.0109. The summed E-state index contributed by atoms with van der Waals surface area (Å²) in [5.74, 6) is -2.68. The van der Waals surface area contributed by atoms with Crippen molar-refractivity contribution in [3.05, 3.63) is 40.8 Å². The molecular formula is C13H9F5OS. The molecule has 0 atom stereocenters. The minimum atomic E-state index is -4.50. The molecule has 7 heteroatoms. The van der Waals surface area contributed by atoms with Gasteiger partial charge in [0.2, 0.25) is 5.82 Å². The number of benzene rings is 1. The Bertz CT molecular complexity index is 618. The van der Waals surface area contributed by atoms with Crippen molar-refractivity contribution in [1.82, 2.24) is 0 Å². The average Bonchev–Trinajstić information content (AvgIpc) is 2.85. The molecule has 108 valence electrons. The summed E-state index contributed by atoms with van der Waals surface area (Å²) in [6.45, 7) is 1.77. The molecule has 0 amide bonds. The summed E-state index contributed by atoms with van der Waals surface area (Å²) in [6.07, 6.45) is -4.50. The van der Waals surface area contributed by atoms with Crippen molar-refractivity contribution in [2.75, 3.05) is 6.61 Å². The van der Waals surface area contributed by atoms with Crippen molar-refractivity contribution in [2.24, 2.45) is 0 Å². The van der Waals surface area contributed by atoms with Crippen molar-refractivity contribution >= 4 is 11.3 Å². The van der Waals surface area contributed by atoms with Crippen LogP contribution in [0.3, 0.4) is 0 Å². The third-order valence-corrected chi connectivity index (χ3v) is 3.66. The summed E-state index contributed by atoms with van der Waals surface area (Å²) in [5, 5.41) is 0. The highest BCUT2D eigenvalue weighted by atomic mass is 32.1. The van der Waals surface area contributed by atoms with Crippen LogP contribution in [-0.2, 0) is 6.18 Å². The first-order valence-electron chi connectivity index (χ1n) is 5.62. The molecule has 0 unspecified atom stereocenters. The maximum absolute atomic E-state index is 13.8. The molecule has 1 heterocycles. The molecule has 1 aromatic heterocycles. The molecule has 0 radical (unpaired) electrons. The largest absolute Gasteiger partial charge is 0.491 e. The highest BCUT2D eigenvalue weighted by Gasteiger charge is 2.33. The van der Waals surface area contributed by atoms with Crippen LogP contribution in [0.25, 0.3) is 10.4 Å². The number of ether oxygens (including phenoxy) is 1. The molecule has 2 rings (SSSR count). The molecule has 0 bridgehead atoms. The van der Waals surface area contributed by atoms with Crippen molar-refractivity contribution in [3.8, 4) is 16.2 Å². The van der Waals surface area contributed by atoms with Crippen LogP contribution in [0.5, 0.6) is 5.75 Å². The van der Waals surface area contributed by atoms with Gasteiger partial charge < -0.3 is 4.74 Å². The number of halogens is 5. The molecule has 0 aliphatic rings. The fourth-order valence-corrected chi connectivity index (χ4v) is 2.52. The molecule has 0 spiro atoms. The predicted octanol–water partition coefficient (Wildman–Crippen LogP) is 5.11. The lowest BCUT2D eigenvalue weighted by molar-refractivity contribution is -0.134. The minimum Gasteiger partial charge on any atom is -0.491 e. The van der Waals surface area contributed by atoms with E-state index in [0.717, 1.165) is 12.1 Å². The van der Waals surface area contributed by atoms with Crippen LogP contribution in [0.2, 0.25) is 0 Å². The van der Waals surface area contributed by atoms with Crippen molar-refractivity contribution in [2.45, 2.75) is 13.1 Å². The van der Waals surface area contributed by atoms with Crippen LogP contribution < -0.4 is 4.74 Å². The molecule has 0 saturated carbocycles. The second kappa shape index (κ2) is 5.40. The molecule has 0 aliphatic carbocycles. The average molecular weight is 308 g/mol. The Hall–Kier alpha value is -1.63. The third-order valence-electron chi connectivity index (χ3n) is 2.50. The molecular weight excluding hydrogens is 299 g/mol. The summed E-state index contributed by atoms with van der Waals surface area (Å²) < 4.78 is 69.8. The molecule has 1 aromatic carbocycles. The van der Waals surface area contributed by atoms with Crippen molar-refractivity contribution in [1.29, 1.82) is 0 Å². The van der Waals surface area contributed by atoms with Crippen LogP contribution >= 0.6 is 11.3 Å². The topological polar surface area (TPSA) is 9.23 Å². The summed E-state index contributed by atoms with van der Waals surface area (Å²) in [6, 6.07) is 4.36. The molecule has 0 fully saturated rings. The van der Waals surface area contributed by atoms with E-state index in [0.29, 0.717) is 11.3 Å². The van der Waals surface area contributed by atoms with Gasteiger partial charge in [0.15, 0.2) is 11.6 Å². The monoisotopic (exact) mass is 308 g/mol. The maximum atomic E-state index is 13.8. The zero-order chi connectivity index (χ0) is 14.9. The van der Waals surface area contributed by atoms with Crippen LogP contribution in [0.15, 0.2) is 24.3 Å². The fraction of sp³-hybridized carbons (Fsp3) is 0.231. The molecule has 0 aliphatic heterocycles. The van der Waals surface area contributed by atoms with Crippen molar-refractivity contribution in [3.63, 3.8) is 0 Å². The predicted molar refractivity (Wildman–Crippen MR) is 65.8 cm³/mol. The van der Waals surface area contributed by atoms with Crippen LogP contribution in [-0.4, -0.2) is 6.61 Å². The molecule has 0 saturated heterocycles. The van der Waals surface area contributed by atoms with Gasteiger partial charge in [-0.3, -0.25) is 0 Å². The van der Waals surface area contributed by atoms with Gasteiger partial charge in [0.05, 0.1) is 6.61 Å². The van der Waals surface area contributed by atoms with Gasteiger partial charge in [0.1, 0.15) is 4.88 Å². The smallest absolute Gasteiger partial charge is 0.425 e. The second-order valence-corrected chi connectivity index (χ2v) is 4.92. The van der Waals surface area contributed by atoms with Gasteiger partial charge in [0.25, 0.3) is 0 Å². The summed E-state index contributed by atoms with van der Waals surface area (Å²) in [5.41, 5.74) is -0.216. The van der Waals surface area contributed by atoms with E-state index >= 15 is 0 Å². The number of thiophene rings is 1. The third kappa shape index (κ3) is 2.77. The number of hydrogen-bond donors (Lipinski definition) is 0. The summed E-state index contributed by atoms with van der Waals surface area (Å²) >= 11 is 0.363. The van der Waals surface area contributed by atoms with Crippen molar-refractivity contribution < 1.29 is 26.7 Å². The normalized spacial score (nSPS) is 11.7. The van der Waals surface area contributed by atoms with E-state index in [1.165, 1.54) is 12.1 Å². The fourth-order valence-electron chi connectivity index (χ4n) is 1.62. The Morgan fingerprint density at radius 3 is 2.30 bits per heavy atom. The summed E-state index contributed by atoms with van der Waals surface area (Å²) in [4.78, 5) is -0.849. The van der Waals surface area contributed by atoms with E-state index in [9.17, 15) is 22.0 Å². The standard InChI is InChI=1S/C13H9F5OS/c1-2-19-8-4-3-7(11(14)12(8)15)9-5-6-10(20-9)13(16,17)18/h3-6H,2H2,1H3.